The number of Topliss-reactive ketones (excluding diaryl/α,β-unsaturated/α-hetero) is 2. The number of hydrogen-bond acceptors (Lipinski definition) is 4. The first-order valence-electron chi connectivity index (χ1n) is 7.92. The summed E-state index contributed by atoms with van der Waals surface area (Å²) >= 11 is 0. The lowest BCUT2D eigenvalue weighted by Gasteiger charge is -2.36. The van der Waals surface area contributed by atoms with Crippen molar-refractivity contribution in [2.45, 2.75) is 38.5 Å². The monoisotopic (exact) mass is 310 g/mol. The normalized spacial score (nSPS) is 22.6. The van der Waals surface area contributed by atoms with Gasteiger partial charge in [0.1, 0.15) is 5.76 Å². The second-order valence-electron chi connectivity index (χ2n) is 6.87. The minimum absolute atomic E-state index is 0.0338. The Hall–Kier alpha value is -2.20. The van der Waals surface area contributed by atoms with Crippen LogP contribution in [0.1, 0.15) is 57.2 Å². The van der Waals surface area contributed by atoms with Crippen LogP contribution in [-0.2, 0) is 11.8 Å². The van der Waals surface area contributed by atoms with Crippen LogP contribution in [0.2, 0.25) is 0 Å². The van der Waals surface area contributed by atoms with Crippen LogP contribution in [0.4, 0.5) is 0 Å². The first-order valence-corrected chi connectivity index (χ1v) is 7.92. The summed E-state index contributed by atoms with van der Waals surface area (Å²) in [6, 6.07) is 3.84. The Balaban J connectivity index is 2.05. The quantitative estimate of drug-likeness (QED) is 0.821. The molecule has 118 valence electrons. The fourth-order valence-electron chi connectivity index (χ4n) is 4.03. The van der Waals surface area contributed by atoms with E-state index in [2.05, 4.69) is 0 Å². The Bertz CT molecular complexity index is 858. The molecule has 1 aromatic heterocycles. The number of hydrogen-bond donors (Lipinski definition) is 1. The van der Waals surface area contributed by atoms with Crippen molar-refractivity contribution in [1.29, 1.82) is 0 Å². The molecule has 0 radical (unpaired) electrons. The molecule has 23 heavy (non-hydrogen) atoms. The highest BCUT2D eigenvalue weighted by Crippen LogP contribution is 2.44. The van der Waals surface area contributed by atoms with Gasteiger partial charge in [-0.3, -0.25) is 9.59 Å². The third-order valence-corrected chi connectivity index (χ3v) is 5.35. The first kappa shape index (κ1) is 14.4. The van der Waals surface area contributed by atoms with E-state index in [1.807, 2.05) is 19.1 Å². The summed E-state index contributed by atoms with van der Waals surface area (Å²) in [6.45, 7) is 3.82. The van der Waals surface area contributed by atoms with Gasteiger partial charge in [0.05, 0.1) is 18.4 Å². The first-order chi connectivity index (χ1) is 11.0. The second kappa shape index (κ2) is 4.65. The van der Waals surface area contributed by atoms with Crippen LogP contribution in [-0.4, -0.2) is 23.3 Å². The second-order valence-corrected chi connectivity index (χ2v) is 6.87. The standard InChI is InChI=1S/C19H18O4/c1-10-8-23-18-12-5-6-13-11(4-3-7-19(13,2)9-20)15(12)17(22)16(21)14(10)18/h5-6,8,20H,3-4,7,9H2,1-2H3/t19-/m0/s1. The zero-order valence-electron chi connectivity index (χ0n) is 13.2. The van der Waals surface area contributed by atoms with Gasteiger partial charge in [-0.1, -0.05) is 19.1 Å². The van der Waals surface area contributed by atoms with E-state index >= 15 is 0 Å². The molecular formula is C19H18O4. The van der Waals surface area contributed by atoms with E-state index in [0.29, 0.717) is 28.0 Å². The Labute approximate surface area is 134 Å². The molecular weight excluding hydrogens is 292 g/mol. The predicted molar refractivity (Wildman–Crippen MR) is 84.9 cm³/mol. The van der Waals surface area contributed by atoms with E-state index in [0.717, 1.165) is 30.4 Å². The van der Waals surface area contributed by atoms with Gasteiger partial charge >= 0.3 is 0 Å². The van der Waals surface area contributed by atoms with E-state index in [9.17, 15) is 14.7 Å². The maximum atomic E-state index is 12.7. The Morgan fingerprint density at radius 3 is 2.70 bits per heavy atom. The van der Waals surface area contributed by atoms with Gasteiger partial charge < -0.3 is 9.52 Å². The van der Waals surface area contributed by atoms with E-state index in [1.54, 1.807) is 6.92 Å². The molecule has 0 fully saturated rings. The molecule has 0 bridgehead atoms. The molecule has 2 aliphatic rings. The van der Waals surface area contributed by atoms with Crippen LogP contribution in [0, 0.1) is 6.92 Å². The van der Waals surface area contributed by atoms with E-state index in [1.165, 1.54) is 6.26 Å². The zero-order chi connectivity index (χ0) is 16.4. The molecule has 0 saturated carbocycles. The number of aryl methyl sites for hydroxylation is 1. The maximum absolute atomic E-state index is 12.7. The topological polar surface area (TPSA) is 67.5 Å². The van der Waals surface area contributed by atoms with Gasteiger partial charge in [0.15, 0.2) is 0 Å². The lowest BCUT2D eigenvalue weighted by Crippen LogP contribution is -2.34. The fraction of sp³-hybridized carbons (Fsp3) is 0.368. The minimum Gasteiger partial charge on any atom is -0.463 e. The molecule has 1 N–H and O–H groups in total. The van der Waals surface area contributed by atoms with Crippen molar-refractivity contribution in [1.82, 2.24) is 0 Å². The molecule has 2 aromatic rings. The number of rotatable bonds is 1. The Morgan fingerprint density at radius 1 is 1.22 bits per heavy atom. The van der Waals surface area contributed by atoms with E-state index in [-0.39, 0.29) is 12.0 Å². The lowest BCUT2D eigenvalue weighted by atomic mass is 9.68. The van der Waals surface area contributed by atoms with Crippen LogP contribution in [0.25, 0.3) is 11.3 Å². The highest BCUT2D eigenvalue weighted by atomic mass is 16.3. The zero-order valence-corrected chi connectivity index (χ0v) is 13.2. The van der Waals surface area contributed by atoms with Gasteiger partial charge in [0.25, 0.3) is 0 Å². The fourth-order valence-corrected chi connectivity index (χ4v) is 4.03. The molecule has 1 heterocycles. The summed E-state index contributed by atoms with van der Waals surface area (Å²) < 4.78 is 5.58. The molecule has 4 rings (SSSR count). The van der Waals surface area contributed by atoms with Crippen LogP contribution < -0.4 is 0 Å². The Morgan fingerprint density at radius 2 is 1.96 bits per heavy atom. The number of carbonyl (C=O) groups excluding carboxylic acids is 2. The summed E-state index contributed by atoms with van der Waals surface area (Å²) in [7, 11) is 0. The summed E-state index contributed by atoms with van der Waals surface area (Å²) in [4.78, 5) is 25.3. The maximum Gasteiger partial charge on any atom is 0.237 e. The average molecular weight is 310 g/mol. The molecule has 0 unspecified atom stereocenters. The molecule has 4 nitrogen and oxygen atoms in total. The van der Waals surface area contributed by atoms with Crippen molar-refractivity contribution in [3.8, 4) is 11.3 Å². The number of aliphatic hydroxyl groups is 1. The minimum atomic E-state index is -0.483. The molecule has 0 amide bonds. The summed E-state index contributed by atoms with van der Waals surface area (Å²) in [6.07, 6.45) is 4.05. The van der Waals surface area contributed by atoms with Crippen LogP contribution >= 0.6 is 0 Å². The predicted octanol–water partition coefficient (Wildman–Crippen LogP) is 3.22. The summed E-state index contributed by atoms with van der Waals surface area (Å²) in [5.41, 5.74) is 3.81. The highest BCUT2D eigenvalue weighted by molar-refractivity contribution is 6.53. The van der Waals surface area contributed by atoms with E-state index in [4.69, 9.17) is 4.42 Å². The average Bonchev–Trinajstić information content (AvgIpc) is 2.94. The van der Waals surface area contributed by atoms with Crippen molar-refractivity contribution in [3.63, 3.8) is 0 Å². The molecule has 0 aliphatic heterocycles. The van der Waals surface area contributed by atoms with Gasteiger partial charge in [0.2, 0.25) is 11.6 Å². The van der Waals surface area contributed by atoms with Crippen molar-refractivity contribution >= 4 is 11.6 Å². The van der Waals surface area contributed by atoms with Gasteiger partial charge in [-0.25, -0.2) is 0 Å². The van der Waals surface area contributed by atoms with Gasteiger partial charge in [-0.15, -0.1) is 0 Å². The van der Waals surface area contributed by atoms with Crippen LogP contribution in [0.5, 0.6) is 0 Å². The number of ketones is 2. The van der Waals surface area contributed by atoms with Gasteiger partial charge in [0, 0.05) is 16.5 Å². The third-order valence-electron chi connectivity index (χ3n) is 5.35. The lowest BCUT2D eigenvalue weighted by molar-refractivity contribution is 0.0813. The summed E-state index contributed by atoms with van der Waals surface area (Å²) in [5.74, 6) is -0.430. The van der Waals surface area contributed by atoms with Crippen molar-refractivity contribution in [2.75, 3.05) is 6.61 Å². The van der Waals surface area contributed by atoms with Crippen molar-refractivity contribution < 1.29 is 19.1 Å². The van der Waals surface area contributed by atoms with E-state index < -0.39 is 11.6 Å². The van der Waals surface area contributed by atoms with Crippen molar-refractivity contribution in [3.05, 3.63) is 46.2 Å². The Kier molecular flexibility index (Phi) is 2.91. The third kappa shape index (κ3) is 1.75. The summed E-state index contributed by atoms with van der Waals surface area (Å²) in [5, 5.41) is 9.81. The van der Waals surface area contributed by atoms with Gasteiger partial charge in [-0.05, 0) is 42.9 Å². The molecule has 4 heteroatoms. The SMILES string of the molecule is Cc1coc2c1C(=O)C(=O)c1c-2ccc2c1CCC[C@@]2(C)CO. The van der Waals surface area contributed by atoms with Crippen LogP contribution in [0.15, 0.2) is 22.8 Å². The number of benzene rings is 1. The number of fused-ring (bicyclic) bond motifs is 5. The highest BCUT2D eigenvalue weighted by Gasteiger charge is 2.40. The largest absolute Gasteiger partial charge is 0.463 e. The van der Waals surface area contributed by atoms with Crippen molar-refractivity contribution in [2.24, 2.45) is 0 Å². The molecule has 2 aliphatic carbocycles. The van der Waals surface area contributed by atoms with Crippen LogP contribution in [0.3, 0.4) is 0 Å². The number of aliphatic hydroxyl groups excluding tert-OH is 1. The van der Waals surface area contributed by atoms with Gasteiger partial charge in [-0.2, -0.15) is 0 Å². The number of furan rings is 1. The molecule has 1 aromatic carbocycles. The smallest absolute Gasteiger partial charge is 0.237 e. The number of carbonyl (C=O) groups is 2. The molecule has 0 saturated heterocycles. The molecule has 1 atom stereocenters. The molecule has 0 spiro atoms.